The van der Waals surface area contributed by atoms with E-state index < -0.39 is 23.4 Å². The van der Waals surface area contributed by atoms with Crippen molar-refractivity contribution in [3.05, 3.63) is 59.7 Å². The van der Waals surface area contributed by atoms with Crippen LogP contribution in [0.3, 0.4) is 0 Å². The number of ether oxygens (including phenoxy) is 1. The van der Waals surface area contributed by atoms with Crippen molar-refractivity contribution in [3.8, 4) is 11.1 Å². The maximum absolute atomic E-state index is 12.6. The molecule has 7 heteroatoms. The smallest absolute Gasteiger partial charge is 0.407 e. The van der Waals surface area contributed by atoms with Crippen molar-refractivity contribution in [3.63, 3.8) is 0 Å². The summed E-state index contributed by atoms with van der Waals surface area (Å²) in [5.74, 6) is -1.52. The molecule has 2 aromatic carbocycles. The third-order valence-corrected chi connectivity index (χ3v) is 7.09. The Morgan fingerprint density at radius 2 is 1.68 bits per heavy atom. The first kappa shape index (κ1) is 23.8. The van der Waals surface area contributed by atoms with E-state index in [1.165, 1.54) is 11.1 Å². The second-order valence-electron chi connectivity index (χ2n) is 10.1. The summed E-state index contributed by atoms with van der Waals surface area (Å²) in [5, 5.41) is 12.2. The van der Waals surface area contributed by atoms with Gasteiger partial charge in [-0.1, -0.05) is 62.4 Å². The minimum atomic E-state index is -0.870. The largest absolute Gasteiger partial charge is 0.481 e. The molecule has 2 atom stereocenters. The average molecular weight is 465 g/mol. The monoisotopic (exact) mass is 464 g/mol. The summed E-state index contributed by atoms with van der Waals surface area (Å²) in [6.45, 7) is 6.49. The summed E-state index contributed by atoms with van der Waals surface area (Å²) in [7, 11) is 0. The van der Waals surface area contributed by atoms with Crippen LogP contribution in [0.15, 0.2) is 48.5 Å². The van der Waals surface area contributed by atoms with Gasteiger partial charge in [-0.3, -0.25) is 9.59 Å². The zero-order chi connectivity index (χ0) is 24.5. The lowest BCUT2D eigenvalue weighted by molar-refractivity contribution is -0.144. The van der Waals surface area contributed by atoms with Crippen LogP contribution >= 0.6 is 0 Å². The van der Waals surface area contributed by atoms with Crippen molar-refractivity contribution in [1.29, 1.82) is 0 Å². The number of carboxylic acids is 1. The summed E-state index contributed by atoms with van der Waals surface area (Å²) in [6.07, 6.45) is 0.195. The number of carbonyl (C=O) groups is 3. The van der Waals surface area contributed by atoms with Gasteiger partial charge < -0.3 is 20.1 Å². The Bertz CT molecular complexity index is 1050. The van der Waals surface area contributed by atoms with Crippen molar-refractivity contribution >= 4 is 18.0 Å². The van der Waals surface area contributed by atoms with Gasteiger partial charge in [-0.2, -0.15) is 0 Å². The molecule has 1 aliphatic heterocycles. The van der Waals surface area contributed by atoms with Crippen molar-refractivity contribution in [1.82, 2.24) is 10.2 Å². The molecular weight excluding hydrogens is 432 g/mol. The zero-order valence-electron chi connectivity index (χ0n) is 19.9. The number of hydrogen-bond acceptors (Lipinski definition) is 4. The topological polar surface area (TPSA) is 95.9 Å². The van der Waals surface area contributed by atoms with Gasteiger partial charge in [-0.15, -0.1) is 0 Å². The number of nitrogens with one attached hydrogen (secondary N) is 1. The number of likely N-dealkylation sites (tertiary alicyclic amines) is 1. The Morgan fingerprint density at radius 1 is 1.09 bits per heavy atom. The Hall–Kier alpha value is -3.35. The van der Waals surface area contributed by atoms with Crippen LogP contribution in [-0.2, 0) is 14.3 Å². The van der Waals surface area contributed by atoms with E-state index >= 15 is 0 Å². The van der Waals surface area contributed by atoms with Gasteiger partial charge in [0.2, 0.25) is 5.91 Å². The second-order valence-corrected chi connectivity index (χ2v) is 10.1. The van der Waals surface area contributed by atoms with E-state index in [-0.39, 0.29) is 37.4 Å². The number of fused-ring (bicyclic) bond motifs is 3. The third kappa shape index (κ3) is 4.79. The lowest BCUT2D eigenvalue weighted by Crippen LogP contribution is -2.36. The molecule has 0 radical (unpaired) electrons. The van der Waals surface area contributed by atoms with Crippen molar-refractivity contribution < 1.29 is 24.2 Å². The fraction of sp³-hybridized carbons (Fsp3) is 0.444. The molecule has 34 heavy (non-hydrogen) atoms. The average Bonchev–Trinajstić information content (AvgIpc) is 3.30. The molecule has 2 aliphatic rings. The predicted molar refractivity (Wildman–Crippen MR) is 128 cm³/mol. The summed E-state index contributed by atoms with van der Waals surface area (Å²) < 4.78 is 5.57. The maximum Gasteiger partial charge on any atom is 0.407 e. The van der Waals surface area contributed by atoms with Crippen molar-refractivity contribution in [2.75, 3.05) is 19.7 Å². The molecule has 0 saturated carbocycles. The summed E-state index contributed by atoms with van der Waals surface area (Å²) >= 11 is 0. The molecule has 0 spiro atoms. The molecule has 1 aliphatic carbocycles. The molecule has 180 valence electrons. The molecule has 0 aromatic heterocycles. The second kappa shape index (κ2) is 9.49. The Morgan fingerprint density at radius 3 is 2.24 bits per heavy atom. The number of carbonyl (C=O) groups excluding carboxylic acids is 2. The number of aliphatic carboxylic acids is 1. The van der Waals surface area contributed by atoms with Gasteiger partial charge in [0.15, 0.2) is 0 Å². The Balaban J connectivity index is 1.26. The minimum absolute atomic E-state index is 0.00395. The van der Waals surface area contributed by atoms with Crippen LogP contribution < -0.4 is 5.32 Å². The molecule has 1 saturated heterocycles. The number of hydrogen-bond donors (Lipinski definition) is 2. The molecule has 1 fully saturated rings. The maximum atomic E-state index is 12.6. The molecule has 7 nitrogen and oxygen atoms in total. The van der Waals surface area contributed by atoms with Crippen LogP contribution in [0.1, 0.15) is 50.7 Å². The SMILES string of the molecule is CC(CCC(=O)N1CC(C(=O)O)C(C)(C)C1)NC(=O)OCC1c2ccccc2-c2ccccc21. The third-order valence-electron chi connectivity index (χ3n) is 7.09. The quantitative estimate of drug-likeness (QED) is 0.638. The highest BCUT2D eigenvalue weighted by molar-refractivity contribution is 5.80. The highest BCUT2D eigenvalue weighted by Gasteiger charge is 2.45. The molecule has 1 heterocycles. The lowest BCUT2D eigenvalue weighted by atomic mass is 9.82. The molecule has 2 unspecified atom stereocenters. The van der Waals surface area contributed by atoms with Crippen LogP contribution in [0, 0.1) is 11.3 Å². The number of nitrogens with zero attached hydrogens (tertiary/aromatic N) is 1. The van der Waals surface area contributed by atoms with E-state index in [0.717, 1.165) is 11.1 Å². The molecule has 2 aromatic rings. The van der Waals surface area contributed by atoms with Gasteiger partial charge in [-0.25, -0.2) is 4.79 Å². The first-order valence-electron chi connectivity index (χ1n) is 11.8. The Kier molecular flexibility index (Phi) is 6.64. The molecular formula is C27H32N2O5. The van der Waals surface area contributed by atoms with Crippen LogP contribution in [0.2, 0.25) is 0 Å². The van der Waals surface area contributed by atoms with Gasteiger partial charge in [-0.05, 0) is 41.0 Å². The standard InChI is InChI=1S/C27H32N2O5/c1-17(12-13-24(30)29-14-23(25(31)32)27(2,3)16-29)28-26(33)34-15-22-20-10-6-4-8-18(20)19-9-5-7-11-21(19)22/h4-11,17,22-23H,12-16H2,1-3H3,(H,28,33)(H,31,32). The number of alkyl carbamates (subject to hydrolysis) is 1. The predicted octanol–water partition coefficient (Wildman–Crippen LogP) is 4.26. The minimum Gasteiger partial charge on any atom is -0.481 e. The molecule has 4 rings (SSSR count). The molecule has 0 bridgehead atoms. The van der Waals surface area contributed by atoms with E-state index in [1.54, 1.807) is 4.90 Å². The Labute approximate surface area is 200 Å². The van der Waals surface area contributed by atoms with E-state index in [4.69, 9.17) is 4.74 Å². The lowest BCUT2D eigenvalue weighted by Gasteiger charge is -2.22. The van der Waals surface area contributed by atoms with Crippen LogP contribution in [0.25, 0.3) is 11.1 Å². The number of rotatable bonds is 7. The fourth-order valence-electron chi connectivity index (χ4n) is 5.15. The van der Waals surface area contributed by atoms with Gasteiger partial charge >= 0.3 is 12.1 Å². The van der Waals surface area contributed by atoms with E-state index in [1.807, 2.05) is 45.0 Å². The fourth-order valence-corrected chi connectivity index (χ4v) is 5.15. The van der Waals surface area contributed by atoms with Crippen molar-refractivity contribution in [2.24, 2.45) is 11.3 Å². The molecule has 2 N–H and O–H groups in total. The highest BCUT2D eigenvalue weighted by atomic mass is 16.5. The van der Waals surface area contributed by atoms with Gasteiger partial charge in [0.1, 0.15) is 6.61 Å². The highest BCUT2D eigenvalue weighted by Crippen LogP contribution is 2.44. The van der Waals surface area contributed by atoms with Gasteiger partial charge in [0, 0.05) is 31.5 Å². The normalized spacial score (nSPS) is 19.3. The summed E-state index contributed by atoms with van der Waals surface area (Å²) in [4.78, 5) is 38.1. The van der Waals surface area contributed by atoms with Crippen LogP contribution in [-0.4, -0.2) is 53.7 Å². The summed E-state index contributed by atoms with van der Waals surface area (Å²) in [5.41, 5.74) is 4.21. The first-order chi connectivity index (χ1) is 16.2. The van der Waals surface area contributed by atoms with Crippen LogP contribution in [0.4, 0.5) is 4.79 Å². The van der Waals surface area contributed by atoms with E-state index in [0.29, 0.717) is 13.0 Å². The zero-order valence-corrected chi connectivity index (χ0v) is 19.9. The number of carboxylic acid groups (broad SMARTS) is 1. The first-order valence-corrected chi connectivity index (χ1v) is 11.8. The number of amides is 2. The van der Waals surface area contributed by atoms with Crippen LogP contribution in [0.5, 0.6) is 0 Å². The number of benzene rings is 2. The van der Waals surface area contributed by atoms with Gasteiger partial charge in [0.05, 0.1) is 5.92 Å². The summed E-state index contributed by atoms with van der Waals surface area (Å²) in [6, 6.07) is 16.1. The van der Waals surface area contributed by atoms with E-state index in [9.17, 15) is 19.5 Å². The van der Waals surface area contributed by atoms with E-state index in [2.05, 4.69) is 29.6 Å². The van der Waals surface area contributed by atoms with Crippen molar-refractivity contribution in [2.45, 2.75) is 45.6 Å². The molecule has 2 amide bonds. The van der Waals surface area contributed by atoms with Gasteiger partial charge in [0.25, 0.3) is 0 Å².